The molecule has 0 unspecified atom stereocenters. The highest BCUT2D eigenvalue weighted by atomic mass is 32.1. The molecule has 198 valence electrons. The third-order valence-corrected chi connectivity index (χ3v) is 7.93. The van der Waals surface area contributed by atoms with Gasteiger partial charge in [-0.25, -0.2) is 9.97 Å². The molecule has 2 aromatic carbocycles. The average molecular weight is 541 g/mol. The summed E-state index contributed by atoms with van der Waals surface area (Å²) >= 11 is 1.59. The van der Waals surface area contributed by atoms with Gasteiger partial charge in [0.2, 0.25) is 17.7 Å². The molecule has 10 heteroatoms. The van der Waals surface area contributed by atoms with Crippen LogP contribution in [0.15, 0.2) is 75.2 Å². The summed E-state index contributed by atoms with van der Waals surface area (Å²) in [5, 5.41) is 11.6. The Kier molecular flexibility index (Phi) is 6.58. The highest BCUT2D eigenvalue weighted by Crippen LogP contribution is 2.36. The van der Waals surface area contributed by atoms with Gasteiger partial charge >= 0.3 is 0 Å². The summed E-state index contributed by atoms with van der Waals surface area (Å²) in [6.07, 6.45) is 5.40. The van der Waals surface area contributed by atoms with E-state index in [4.69, 9.17) is 14.6 Å². The molecular formula is C29H28N6O3S. The smallest absolute Gasteiger partial charge is 0.254 e. The van der Waals surface area contributed by atoms with Crippen LogP contribution in [0.2, 0.25) is 0 Å². The summed E-state index contributed by atoms with van der Waals surface area (Å²) in [5.41, 5.74) is 9.49. The third kappa shape index (κ3) is 5.13. The van der Waals surface area contributed by atoms with E-state index in [1.54, 1.807) is 29.7 Å². The number of nitrogens with zero attached hydrogens (tertiary/aromatic N) is 5. The van der Waals surface area contributed by atoms with Gasteiger partial charge in [0.25, 0.3) is 5.91 Å². The molecule has 0 bridgehead atoms. The monoisotopic (exact) mass is 540 g/mol. The highest BCUT2D eigenvalue weighted by molar-refractivity contribution is 7.09. The fraction of sp³-hybridized carbons (Fsp3) is 0.276. The van der Waals surface area contributed by atoms with Crippen LogP contribution in [0.5, 0.6) is 0 Å². The lowest BCUT2D eigenvalue weighted by atomic mass is 9.94. The number of rotatable bonds is 7. The minimum Gasteiger partial charge on any atom is -0.445 e. The molecule has 4 heterocycles. The molecule has 3 aromatic heterocycles. The number of carbonyl (C=O) groups excluding carboxylic acids is 1. The van der Waals surface area contributed by atoms with E-state index in [-0.39, 0.29) is 17.8 Å². The summed E-state index contributed by atoms with van der Waals surface area (Å²) in [6, 6.07) is 15.3. The number of benzene rings is 2. The van der Waals surface area contributed by atoms with Gasteiger partial charge in [0.05, 0.1) is 17.8 Å². The Morgan fingerprint density at radius 1 is 1.15 bits per heavy atom. The quantitative estimate of drug-likeness (QED) is 0.285. The summed E-state index contributed by atoms with van der Waals surface area (Å²) in [4.78, 5) is 24.7. The van der Waals surface area contributed by atoms with Gasteiger partial charge in [0, 0.05) is 34.3 Å². The minimum atomic E-state index is -0.875. The van der Waals surface area contributed by atoms with Crippen molar-refractivity contribution in [1.82, 2.24) is 25.1 Å². The first-order valence-corrected chi connectivity index (χ1v) is 13.7. The topological polar surface area (TPSA) is 124 Å². The maximum absolute atomic E-state index is 13.9. The molecule has 0 saturated carbocycles. The summed E-state index contributed by atoms with van der Waals surface area (Å²) in [6.45, 7) is 4.50. The number of aromatic nitrogens is 4. The Morgan fingerprint density at radius 2 is 1.95 bits per heavy atom. The molecule has 1 fully saturated rings. The molecule has 0 spiro atoms. The van der Waals surface area contributed by atoms with E-state index in [0.717, 1.165) is 29.1 Å². The van der Waals surface area contributed by atoms with Crippen LogP contribution in [-0.2, 0) is 12.0 Å². The number of carbonyl (C=O) groups is 1. The van der Waals surface area contributed by atoms with Crippen molar-refractivity contribution in [3.05, 3.63) is 94.1 Å². The van der Waals surface area contributed by atoms with Crippen molar-refractivity contribution in [1.29, 1.82) is 0 Å². The molecule has 2 N–H and O–H groups in total. The van der Waals surface area contributed by atoms with E-state index in [1.165, 1.54) is 6.26 Å². The van der Waals surface area contributed by atoms with Gasteiger partial charge in [-0.3, -0.25) is 4.79 Å². The summed E-state index contributed by atoms with van der Waals surface area (Å²) < 4.78 is 11.7. The van der Waals surface area contributed by atoms with Crippen LogP contribution in [0.3, 0.4) is 0 Å². The number of nitrogens with two attached hydrogens (primary N) is 1. The lowest BCUT2D eigenvalue weighted by molar-refractivity contribution is 0.0735. The van der Waals surface area contributed by atoms with Crippen molar-refractivity contribution >= 4 is 17.2 Å². The van der Waals surface area contributed by atoms with E-state index in [1.807, 2.05) is 60.5 Å². The highest BCUT2D eigenvalue weighted by Gasteiger charge is 2.33. The lowest BCUT2D eigenvalue weighted by Crippen LogP contribution is -2.35. The average Bonchev–Trinajstić information content (AvgIpc) is 3.74. The molecule has 1 aliphatic heterocycles. The molecule has 5 aromatic rings. The second kappa shape index (κ2) is 10.2. The Hall–Kier alpha value is -4.15. The fourth-order valence-corrected chi connectivity index (χ4v) is 5.93. The normalized spacial score (nSPS) is 16.9. The standard InChI is InChI=1S/C29H28N6O3S/c1-18-17-39-26(32-18)23-9-6-11-35(23)27(36)22-14-20(24-31-10-12-37-24)13-21(15-22)25-33-34-28(38-25)29(2,30)16-19-7-4-3-5-8-19/h3-5,7-8,10,12-15,17,23H,6,9,11,16,30H2,1-2H3/t23-,29+/m0/s1. The molecule has 1 saturated heterocycles. The first-order chi connectivity index (χ1) is 18.9. The first-order valence-electron chi connectivity index (χ1n) is 12.8. The van der Waals surface area contributed by atoms with Crippen LogP contribution in [-0.4, -0.2) is 37.5 Å². The first kappa shape index (κ1) is 25.1. The molecule has 6 rings (SSSR count). The number of hydrogen-bond acceptors (Lipinski definition) is 9. The Bertz CT molecular complexity index is 1590. The summed E-state index contributed by atoms with van der Waals surface area (Å²) in [5.74, 6) is 0.889. The maximum atomic E-state index is 13.9. The summed E-state index contributed by atoms with van der Waals surface area (Å²) in [7, 11) is 0. The van der Waals surface area contributed by atoms with Gasteiger partial charge in [-0.2, -0.15) is 0 Å². The largest absolute Gasteiger partial charge is 0.445 e. The third-order valence-electron chi connectivity index (χ3n) is 6.87. The van der Waals surface area contributed by atoms with Crippen molar-refractivity contribution in [2.75, 3.05) is 6.54 Å². The van der Waals surface area contributed by atoms with Crippen LogP contribution in [0.1, 0.15) is 58.3 Å². The van der Waals surface area contributed by atoms with Crippen LogP contribution in [0, 0.1) is 6.92 Å². The lowest BCUT2D eigenvalue weighted by Gasteiger charge is -2.23. The number of amides is 1. The van der Waals surface area contributed by atoms with Crippen molar-refractivity contribution in [2.24, 2.45) is 5.73 Å². The second-order valence-electron chi connectivity index (χ2n) is 10.1. The zero-order chi connectivity index (χ0) is 27.0. The molecule has 1 amide bonds. The Morgan fingerprint density at radius 3 is 2.67 bits per heavy atom. The second-order valence-corrected chi connectivity index (χ2v) is 11.0. The Balaban J connectivity index is 1.35. The van der Waals surface area contributed by atoms with Gasteiger partial charge in [-0.1, -0.05) is 30.3 Å². The maximum Gasteiger partial charge on any atom is 0.254 e. The van der Waals surface area contributed by atoms with E-state index in [9.17, 15) is 4.79 Å². The number of hydrogen-bond donors (Lipinski definition) is 1. The van der Waals surface area contributed by atoms with Gasteiger partial charge in [-0.05, 0) is 56.9 Å². The van der Waals surface area contributed by atoms with Crippen LogP contribution < -0.4 is 5.73 Å². The van der Waals surface area contributed by atoms with Crippen molar-refractivity contribution in [3.63, 3.8) is 0 Å². The van der Waals surface area contributed by atoms with Crippen molar-refractivity contribution in [3.8, 4) is 22.9 Å². The van der Waals surface area contributed by atoms with E-state index >= 15 is 0 Å². The number of thiazole rings is 1. The number of likely N-dealkylation sites (tertiary alicyclic amines) is 1. The fourth-order valence-electron chi connectivity index (χ4n) is 4.99. The zero-order valence-electron chi connectivity index (χ0n) is 21.7. The molecule has 0 aliphatic carbocycles. The van der Waals surface area contributed by atoms with Crippen molar-refractivity contribution in [2.45, 2.75) is 44.7 Å². The van der Waals surface area contributed by atoms with Gasteiger partial charge in [0.15, 0.2) is 0 Å². The van der Waals surface area contributed by atoms with E-state index < -0.39 is 5.54 Å². The minimum absolute atomic E-state index is 0.0454. The SMILES string of the molecule is Cc1csc([C@@H]2CCCN2C(=O)c2cc(-c3ncco3)cc(-c3nnc([C@](C)(N)Cc4ccccc4)o3)c2)n1. The van der Waals surface area contributed by atoms with Crippen LogP contribution in [0.25, 0.3) is 22.9 Å². The van der Waals surface area contributed by atoms with Crippen LogP contribution in [0.4, 0.5) is 0 Å². The van der Waals surface area contributed by atoms with E-state index in [0.29, 0.717) is 41.4 Å². The number of aryl methyl sites for hydroxylation is 1. The van der Waals surface area contributed by atoms with Gasteiger partial charge in [-0.15, -0.1) is 21.5 Å². The molecule has 2 atom stereocenters. The zero-order valence-corrected chi connectivity index (χ0v) is 22.5. The predicted octanol–water partition coefficient (Wildman–Crippen LogP) is 5.55. The predicted molar refractivity (Wildman–Crippen MR) is 147 cm³/mol. The van der Waals surface area contributed by atoms with Gasteiger partial charge in [0.1, 0.15) is 11.3 Å². The number of oxazole rings is 1. The molecule has 39 heavy (non-hydrogen) atoms. The Labute approximate surface area is 229 Å². The molecule has 0 radical (unpaired) electrons. The van der Waals surface area contributed by atoms with Gasteiger partial charge < -0.3 is 19.5 Å². The van der Waals surface area contributed by atoms with Crippen molar-refractivity contribution < 1.29 is 13.6 Å². The molecule has 9 nitrogen and oxygen atoms in total. The molecule has 1 aliphatic rings. The van der Waals surface area contributed by atoms with E-state index in [2.05, 4.69) is 20.2 Å². The molecular weight excluding hydrogens is 512 g/mol. The van der Waals surface area contributed by atoms with Crippen LogP contribution >= 0.6 is 11.3 Å².